The highest BCUT2D eigenvalue weighted by Crippen LogP contribution is 2.34. The smallest absolute Gasteiger partial charge is 0.118 e. The molecule has 0 radical (unpaired) electrons. The molecule has 0 aromatic heterocycles. The van der Waals surface area contributed by atoms with E-state index >= 15 is 0 Å². The minimum atomic E-state index is 0.374. The van der Waals surface area contributed by atoms with Crippen LogP contribution in [0.1, 0.15) is 37.8 Å². The van der Waals surface area contributed by atoms with Crippen molar-refractivity contribution in [2.45, 2.75) is 49.3 Å². The zero-order chi connectivity index (χ0) is 15.2. The second-order valence-corrected chi connectivity index (χ2v) is 6.33. The minimum absolute atomic E-state index is 0.374. The molecule has 0 unspecified atom stereocenters. The van der Waals surface area contributed by atoms with E-state index in [4.69, 9.17) is 0 Å². The van der Waals surface area contributed by atoms with Crippen LogP contribution in [0.4, 0.5) is 0 Å². The number of aryl methyl sites for hydroxylation is 2. The van der Waals surface area contributed by atoms with Crippen LogP contribution in [0.15, 0.2) is 46.2 Å². The predicted octanol–water partition coefficient (Wildman–Crippen LogP) is 5.15. The summed E-state index contributed by atoms with van der Waals surface area (Å²) in [5.74, 6) is 0.747. The summed E-state index contributed by atoms with van der Waals surface area (Å²) in [6.07, 6.45) is 3.80. The van der Waals surface area contributed by atoms with Gasteiger partial charge in [-0.25, -0.2) is 0 Å². The lowest BCUT2D eigenvalue weighted by Gasteiger charge is -2.09. The van der Waals surface area contributed by atoms with Crippen molar-refractivity contribution in [3.05, 3.63) is 47.5 Å². The summed E-state index contributed by atoms with van der Waals surface area (Å²) in [7, 11) is 0. The molecule has 0 heterocycles. The summed E-state index contributed by atoms with van der Waals surface area (Å²) in [5, 5.41) is 19.7. The molecule has 2 N–H and O–H groups in total. The zero-order valence-electron chi connectivity index (χ0n) is 12.6. The van der Waals surface area contributed by atoms with Crippen molar-refractivity contribution in [3.63, 3.8) is 0 Å². The van der Waals surface area contributed by atoms with Gasteiger partial charge < -0.3 is 10.2 Å². The molecule has 0 bridgehead atoms. The second kappa shape index (κ2) is 7.41. The van der Waals surface area contributed by atoms with Gasteiger partial charge in [-0.3, -0.25) is 0 Å². The Morgan fingerprint density at radius 3 is 1.57 bits per heavy atom. The van der Waals surface area contributed by atoms with E-state index in [1.54, 1.807) is 23.9 Å². The lowest BCUT2D eigenvalue weighted by Crippen LogP contribution is -1.87. The zero-order valence-corrected chi connectivity index (χ0v) is 13.4. The van der Waals surface area contributed by atoms with Crippen LogP contribution in [0.3, 0.4) is 0 Å². The number of benzene rings is 2. The van der Waals surface area contributed by atoms with Crippen LogP contribution in [0.5, 0.6) is 11.5 Å². The first kappa shape index (κ1) is 15.8. The average Bonchev–Trinajstić information content (AvgIpc) is 2.47. The molecule has 2 aromatic carbocycles. The number of phenols is 2. The van der Waals surface area contributed by atoms with Crippen molar-refractivity contribution in [2.75, 3.05) is 0 Å². The van der Waals surface area contributed by atoms with Crippen molar-refractivity contribution >= 4 is 11.8 Å². The molecule has 2 rings (SSSR count). The number of rotatable bonds is 6. The largest absolute Gasteiger partial charge is 0.508 e. The summed E-state index contributed by atoms with van der Waals surface area (Å²) < 4.78 is 0. The lowest BCUT2D eigenvalue weighted by molar-refractivity contribution is 0.466. The van der Waals surface area contributed by atoms with E-state index in [0.29, 0.717) is 11.5 Å². The third-order valence-corrected chi connectivity index (χ3v) is 4.36. The molecule has 0 saturated carbocycles. The molecule has 0 amide bonds. The van der Waals surface area contributed by atoms with Crippen molar-refractivity contribution in [2.24, 2.45) is 0 Å². The standard InChI is InChI=1S/C18H22O2S/c1-3-5-13-11-15(7-9-17(13)19)21-16-8-10-18(20)14(12-16)6-4-2/h7-12,19-20H,3-6H2,1-2H3. The summed E-state index contributed by atoms with van der Waals surface area (Å²) in [4.78, 5) is 2.23. The first-order valence-corrected chi connectivity index (χ1v) is 8.27. The van der Waals surface area contributed by atoms with Gasteiger partial charge in [0.25, 0.3) is 0 Å². The number of hydrogen-bond donors (Lipinski definition) is 2. The lowest BCUT2D eigenvalue weighted by atomic mass is 10.1. The maximum atomic E-state index is 9.84. The Morgan fingerprint density at radius 2 is 1.19 bits per heavy atom. The van der Waals surface area contributed by atoms with Gasteiger partial charge in [0.2, 0.25) is 0 Å². The Balaban J connectivity index is 2.21. The van der Waals surface area contributed by atoms with E-state index in [1.807, 2.05) is 12.1 Å². The van der Waals surface area contributed by atoms with Crippen molar-refractivity contribution in [1.82, 2.24) is 0 Å². The molecule has 2 aromatic rings. The fourth-order valence-electron chi connectivity index (χ4n) is 2.33. The third-order valence-electron chi connectivity index (χ3n) is 3.38. The summed E-state index contributed by atoms with van der Waals surface area (Å²) in [6.45, 7) is 4.21. The van der Waals surface area contributed by atoms with E-state index in [9.17, 15) is 10.2 Å². The van der Waals surface area contributed by atoms with Crippen LogP contribution in [0.25, 0.3) is 0 Å². The maximum Gasteiger partial charge on any atom is 0.118 e. The van der Waals surface area contributed by atoms with Gasteiger partial charge in [0.15, 0.2) is 0 Å². The number of phenolic OH excluding ortho intramolecular Hbond substituents is 2. The molecule has 21 heavy (non-hydrogen) atoms. The predicted molar refractivity (Wildman–Crippen MR) is 88.3 cm³/mol. The first-order chi connectivity index (χ1) is 10.1. The number of hydrogen-bond acceptors (Lipinski definition) is 3. The Labute approximate surface area is 130 Å². The van der Waals surface area contributed by atoms with Crippen molar-refractivity contribution in [1.29, 1.82) is 0 Å². The monoisotopic (exact) mass is 302 g/mol. The first-order valence-electron chi connectivity index (χ1n) is 7.45. The minimum Gasteiger partial charge on any atom is -0.508 e. The summed E-state index contributed by atoms with van der Waals surface area (Å²) in [5.41, 5.74) is 1.99. The maximum absolute atomic E-state index is 9.84. The molecule has 0 aliphatic heterocycles. The van der Waals surface area contributed by atoms with E-state index in [-0.39, 0.29) is 0 Å². The molecule has 2 nitrogen and oxygen atoms in total. The Morgan fingerprint density at radius 1 is 0.762 bits per heavy atom. The van der Waals surface area contributed by atoms with Gasteiger partial charge >= 0.3 is 0 Å². The normalized spacial score (nSPS) is 10.8. The fourth-order valence-corrected chi connectivity index (χ4v) is 3.27. The fraction of sp³-hybridized carbons (Fsp3) is 0.333. The van der Waals surface area contributed by atoms with E-state index < -0.39 is 0 Å². The molecular formula is C18H22O2S. The molecule has 3 heteroatoms. The molecule has 0 fully saturated rings. The molecule has 0 aliphatic carbocycles. The summed E-state index contributed by atoms with van der Waals surface area (Å²) >= 11 is 1.66. The molecular weight excluding hydrogens is 280 g/mol. The van der Waals surface area contributed by atoms with E-state index in [0.717, 1.165) is 46.6 Å². The quantitative estimate of drug-likeness (QED) is 0.775. The van der Waals surface area contributed by atoms with Gasteiger partial charge in [0, 0.05) is 9.79 Å². The Bertz CT molecular complexity index is 555. The van der Waals surface area contributed by atoms with Gasteiger partial charge in [-0.1, -0.05) is 38.5 Å². The molecule has 0 saturated heterocycles. The Hall–Kier alpha value is -1.61. The van der Waals surface area contributed by atoms with Crippen LogP contribution in [0.2, 0.25) is 0 Å². The van der Waals surface area contributed by atoms with Crippen LogP contribution in [0, 0.1) is 0 Å². The highest BCUT2D eigenvalue weighted by Gasteiger charge is 2.06. The van der Waals surface area contributed by atoms with Crippen LogP contribution >= 0.6 is 11.8 Å². The molecule has 0 aliphatic rings. The van der Waals surface area contributed by atoms with Crippen LogP contribution < -0.4 is 0 Å². The van der Waals surface area contributed by atoms with Crippen molar-refractivity contribution in [3.8, 4) is 11.5 Å². The SMILES string of the molecule is CCCc1cc(Sc2ccc(O)c(CCC)c2)ccc1O. The Kier molecular flexibility index (Phi) is 5.57. The second-order valence-electron chi connectivity index (χ2n) is 5.18. The van der Waals surface area contributed by atoms with Crippen LogP contribution in [-0.2, 0) is 12.8 Å². The van der Waals surface area contributed by atoms with Crippen LogP contribution in [-0.4, -0.2) is 10.2 Å². The highest BCUT2D eigenvalue weighted by molar-refractivity contribution is 7.99. The topological polar surface area (TPSA) is 40.5 Å². The van der Waals surface area contributed by atoms with Crippen molar-refractivity contribution < 1.29 is 10.2 Å². The average molecular weight is 302 g/mol. The summed E-state index contributed by atoms with van der Waals surface area (Å²) in [6, 6.07) is 11.5. The van der Waals surface area contributed by atoms with E-state index in [1.165, 1.54) is 0 Å². The van der Waals surface area contributed by atoms with Gasteiger partial charge in [-0.15, -0.1) is 0 Å². The van der Waals surface area contributed by atoms with Gasteiger partial charge in [-0.05, 0) is 60.4 Å². The molecule has 0 spiro atoms. The number of aromatic hydroxyl groups is 2. The van der Waals surface area contributed by atoms with Gasteiger partial charge in [0.05, 0.1) is 0 Å². The molecule has 0 atom stereocenters. The third kappa shape index (κ3) is 4.18. The molecule has 112 valence electrons. The van der Waals surface area contributed by atoms with E-state index in [2.05, 4.69) is 26.0 Å². The highest BCUT2D eigenvalue weighted by atomic mass is 32.2. The van der Waals surface area contributed by atoms with Gasteiger partial charge in [0.1, 0.15) is 11.5 Å². The van der Waals surface area contributed by atoms with Gasteiger partial charge in [-0.2, -0.15) is 0 Å².